The lowest BCUT2D eigenvalue weighted by Gasteiger charge is -1.97. The first-order valence-corrected chi connectivity index (χ1v) is 4.20. The van der Waals surface area contributed by atoms with Gasteiger partial charge in [-0.25, -0.2) is 0 Å². The Bertz CT molecular complexity index is 30.7. The fourth-order valence-electron chi connectivity index (χ4n) is 0. The van der Waals surface area contributed by atoms with Crippen molar-refractivity contribution in [3.63, 3.8) is 0 Å². The van der Waals surface area contributed by atoms with Gasteiger partial charge in [-0.15, -0.1) is 0 Å². The monoisotopic (exact) mass is 146 g/mol. The molecule has 0 bridgehead atoms. The van der Waals surface area contributed by atoms with Crippen LogP contribution in [0.25, 0.3) is 0 Å². The third-order valence-corrected chi connectivity index (χ3v) is 1.44. The summed E-state index contributed by atoms with van der Waals surface area (Å²) < 4.78 is 0. The minimum Gasteiger partial charge on any atom is -0.344 e. The third-order valence-electron chi connectivity index (χ3n) is 0.160. The number of hydrogen-bond acceptors (Lipinski definition) is 4. The van der Waals surface area contributed by atoms with Crippen LogP contribution >= 0.6 is 16.1 Å². The van der Waals surface area contributed by atoms with Crippen molar-refractivity contribution in [1.82, 2.24) is 0 Å². The van der Waals surface area contributed by atoms with Gasteiger partial charge in [0.2, 0.25) is 0 Å². The first-order valence-electron chi connectivity index (χ1n) is 1.000. The molecule has 0 saturated heterocycles. The molecular formula is CH8O4P2. The molecule has 0 fully saturated rings. The highest BCUT2D eigenvalue weighted by atomic mass is 32.1. The van der Waals surface area contributed by atoms with E-state index in [1.54, 1.807) is 0 Å². The first-order chi connectivity index (χ1) is 2.64. The SMILES string of the molecule is C.OP(O)P(O)O. The smallest absolute Gasteiger partial charge is 0.250 e. The molecule has 0 radical (unpaired) electrons. The highest BCUT2D eigenvalue weighted by molar-refractivity contribution is 8.19. The largest absolute Gasteiger partial charge is 0.344 e. The molecule has 0 rings (SSSR count). The van der Waals surface area contributed by atoms with E-state index < -0.39 is 16.1 Å². The maximum absolute atomic E-state index is 7.78. The molecule has 0 aliphatic carbocycles. The molecule has 4 N–H and O–H groups in total. The van der Waals surface area contributed by atoms with Gasteiger partial charge in [0.05, 0.1) is 0 Å². The van der Waals surface area contributed by atoms with Gasteiger partial charge in [0.1, 0.15) is 0 Å². The van der Waals surface area contributed by atoms with Crippen LogP contribution in [0.5, 0.6) is 0 Å². The first kappa shape index (κ1) is 10.6. The fourth-order valence-corrected chi connectivity index (χ4v) is 0. The average Bonchev–Trinajstić information content (AvgIpc) is 1.36. The van der Waals surface area contributed by atoms with Crippen molar-refractivity contribution < 1.29 is 19.6 Å². The molecule has 0 aromatic heterocycles. The number of hydrogen-bond donors (Lipinski definition) is 4. The minimum atomic E-state index is -2.48. The van der Waals surface area contributed by atoms with Gasteiger partial charge in [0.15, 0.2) is 0 Å². The predicted molar refractivity (Wildman–Crippen MR) is 29.4 cm³/mol. The van der Waals surface area contributed by atoms with Crippen molar-refractivity contribution in [2.75, 3.05) is 0 Å². The lowest BCUT2D eigenvalue weighted by Crippen LogP contribution is -1.63. The lowest BCUT2D eigenvalue weighted by atomic mass is 12.0. The van der Waals surface area contributed by atoms with E-state index in [2.05, 4.69) is 0 Å². The van der Waals surface area contributed by atoms with E-state index in [0.717, 1.165) is 0 Å². The summed E-state index contributed by atoms with van der Waals surface area (Å²) in [5.41, 5.74) is 0. The molecule has 0 unspecified atom stereocenters. The van der Waals surface area contributed by atoms with Gasteiger partial charge < -0.3 is 19.6 Å². The normalized spacial score (nSPS) is 9.43. The average molecular weight is 146 g/mol. The molecule has 6 heteroatoms. The Morgan fingerprint density at radius 2 is 0.857 bits per heavy atom. The van der Waals surface area contributed by atoms with Crippen LogP contribution in [0.2, 0.25) is 0 Å². The van der Waals surface area contributed by atoms with Crippen molar-refractivity contribution in [3.05, 3.63) is 0 Å². The Morgan fingerprint density at radius 3 is 0.857 bits per heavy atom. The van der Waals surface area contributed by atoms with Gasteiger partial charge >= 0.3 is 0 Å². The van der Waals surface area contributed by atoms with E-state index in [1.165, 1.54) is 0 Å². The maximum atomic E-state index is 7.78. The second kappa shape index (κ2) is 4.85. The summed E-state index contributed by atoms with van der Waals surface area (Å²) >= 11 is 0. The zero-order chi connectivity index (χ0) is 5.15. The Kier molecular flexibility index (Phi) is 7.37. The maximum Gasteiger partial charge on any atom is 0.250 e. The van der Waals surface area contributed by atoms with Crippen LogP contribution in [0.15, 0.2) is 0 Å². The molecule has 46 valence electrons. The second-order valence-electron chi connectivity index (χ2n) is 0.537. The van der Waals surface area contributed by atoms with Gasteiger partial charge in [-0.05, 0) is 0 Å². The summed E-state index contributed by atoms with van der Waals surface area (Å²) in [5.74, 6) is 0. The summed E-state index contributed by atoms with van der Waals surface area (Å²) in [7, 11) is -4.97. The van der Waals surface area contributed by atoms with Gasteiger partial charge in [0, 0.05) is 0 Å². The van der Waals surface area contributed by atoms with Crippen LogP contribution in [0.1, 0.15) is 7.43 Å². The van der Waals surface area contributed by atoms with Crippen LogP contribution in [-0.4, -0.2) is 19.6 Å². The molecule has 4 nitrogen and oxygen atoms in total. The summed E-state index contributed by atoms with van der Waals surface area (Å²) in [4.78, 5) is 31.1. The molecule has 0 heterocycles. The second-order valence-corrected chi connectivity index (χ2v) is 3.76. The molecule has 0 amide bonds. The van der Waals surface area contributed by atoms with E-state index in [4.69, 9.17) is 19.6 Å². The molecule has 0 aromatic carbocycles. The number of rotatable bonds is 1. The molecule has 0 aliphatic rings. The fraction of sp³-hybridized carbons (Fsp3) is 1.00. The molecular weight excluding hydrogens is 138 g/mol. The van der Waals surface area contributed by atoms with Gasteiger partial charge in [0.25, 0.3) is 16.1 Å². The van der Waals surface area contributed by atoms with Crippen molar-refractivity contribution >= 4 is 16.1 Å². The van der Waals surface area contributed by atoms with E-state index in [0.29, 0.717) is 0 Å². The Balaban J connectivity index is 0. The van der Waals surface area contributed by atoms with Crippen LogP contribution < -0.4 is 0 Å². The van der Waals surface area contributed by atoms with Crippen molar-refractivity contribution in [1.29, 1.82) is 0 Å². The van der Waals surface area contributed by atoms with Crippen molar-refractivity contribution in [2.24, 2.45) is 0 Å². The van der Waals surface area contributed by atoms with Gasteiger partial charge in [-0.2, -0.15) is 0 Å². The van der Waals surface area contributed by atoms with Crippen LogP contribution in [0.4, 0.5) is 0 Å². The molecule has 0 aliphatic heterocycles. The highest BCUT2D eigenvalue weighted by Gasteiger charge is 2.08. The van der Waals surface area contributed by atoms with Gasteiger partial charge in [-0.3, -0.25) is 0 Å². The Labute approximate surface area is 44.2 Å². The topological polar surface area (TPSA) is 80.9 Å². The summed E-state index contributed by atoms with van der Waals surface area (Å²) in [6, 6.07) is 0. The third kappa shape index (κ3) is 6.70. The van der Waals surface area contributed by atoms with E-state index in [-0.39, 0.29) is 7.43 Å². The summed E-state index contributed by atoms with van der Waals surface area (Å²) in [6.45, 7) is 0. The highest BCUT2D eigenvalue weighted by Crippen LogP contribution is 2.56. The molecule has 7 heavy (non-hydrogen) atoms. The summed E-state index contributed by atoms with van der Waals surface area (Å²) in [6.07, 6.45) is 0. The van der Waals surface area contributed by atoms with E-state index in [1.807, 2.05) is 0 Å². The quantitative estimate of drug-likeness (QED) is 0.396. The summed E-state index contributed by atoms with van der Waals surface area (Å²) in [5, 5.41) is 0. The van der Waals surface area contributed by atoms with Crippen LogP contribution in [0.3, 0.4) is 0 Å². The zero-order valence-corrected chi connectivity index (χ0v) is 4.47. The van der Waals surface area contributed by atoms with Crippen LogP contribution in [0, 0.1) is 0 Å². The van der Waals surface area contributed by atoms with E-state index in [9.17, 15) is 0 Å². The standard InChI is InChI=1S/CH4.H4O4P2/c;1-5(2)6(3)4/h1H4;1-4H. The Hall–Kier alpha value is 0.700. The molecule has 0 saturated carbocycles. The predicted octanol–water partition coefficient (Wildman–Crippen LogP) is 0.130. The minimum absolute atomic E-state index is 0. The molecule has 0 aromatic rings. The zero-order valence-electron chi connectivity index (χ0n) is 2.68. The Morgan fingerprint density at radius 1 is 0.714 bits per heavy atom. The lowest BCUT2D eigenvalue weighted by molar-refractivity contribution is 0.457. The van der Waals surface area contributed by atoms with Crippen molar-refractivity contribution in [2.45, 2.75) is 7.43 Å². The van der Waals surface area contributed by atoms with Gasteiger partial charge in [-0.1, -0.05) is 7.43 Å². The van der Waals surface area contributed by atoms with E-state index >= 15 is 0 Å². The van der Waals surface area contributed by atoms with Crippen molar-refractivity contribution in [3.8, 4) is 0 Å². The van der Waals surface area contributed by atoms with Crippen LogP contribution in [-0.2, 0) is 0 Å². The molecule has 0 atom stereocenters. The molecule has 0 spiro atoms.